The number of aromatic nitrogens is 1. The number of carbonyl (C=O) groups is 1. The van der Waals surface area contributed by atoms with E-state index in [0.717, 1.165) is 43.3 Å². The predicted octanol–water partition coefficient (Wildman–Crippen LogP) is 1.95. The average molecular weight is 339 g/mol. The van der Waals surface area contributed by atoms with Crippen LogP contribution in [0.15, 0.2) is 42.7 Å². The van der Waals surface area contributed by atoms with Crippen LogP contribution in [0, 0.1) is 0 Å². The van der Waals surface area contributed by atoms with Gasteiger partial charge in [0.05, 0.1) is 25.3 Å². The van der Waals surface area contributed by atoms with Crippen LogP contribution in [0.25, 0.3) is 0 Å². The molecule has 2 aliphatic rings. The Kier molecular flexibility index (Phi) is 4.52. The van der Waals surface area contributed by atoms with Gasteiger partial charge in [0.25, 0.3) is 5.91 Å². The monoisotopic (exact) mass is 339 g/mol. The van der Waals surface area contributed by atoms with Crippen molar-refractivity contribution in [2.24, 2.45) is 0 Å². The van der Waals surface area contributed by atoms with Crippen LogP contribution in [-0.4, -0.2) is 55.2 Å². The molecule has 130 valence electrons. The van der Waals surface area contributed by atoms with E-state index >= 15 is 0 Å². The molecule has 1 amide bonds. The van der Waals surface area contributed by atoms with E-state index in [1.165, 1.54) is 0 Å². The highest BCUT2D eigenvalue weighted by molar-refractivity contribution is 5.93. The van der Waals surface area contributed by atoms with Gasteiger partial charge in [0.1, 0.15) is 12.4 Å². The van der Waals surface area contributed by atoms with E-state index < -0.39 is 0 Å². The number of hydrogen-bond acceptors (Lipinski definition) is 5. The van der Waals surface area contributed by atoms with E-state index in [9.17, 15) is 4.79 Å². The van der Waals surface area contributed by atoms with Gasteiger partial charge in [-0.15, -0.1) is 0 Å². The summed E-state index contributed by atoms with van der Waals surface area (Å²) in [4.78, 5) is 20.9. The summed E-state index contributed by atoms with van der Waals surface area (Å²) in [6, 6.07) is 9.81. The molecule has 2 aliphatic heterocycles. The molecular weight excluding hydrogens is 318 g/mol. The van der Waals surface area contributed by atoms with E-state index in [1.807, 2.05) is 11.0 Å². The van der Waals surface area contributed by atoms with Gasteiger partial charge in [0, 0.05) is 43.3 Å². The molecule has 1 fully saturated rings. The molecule has 25 heavy (non-hydrogen) atoms. The Labute approximate surface area is 147 Å². The molecule has 1 saturated heterocycles. The van der Waals surface area contributed by atoms with Gasteiger partial charge in [-0.2, -0.15) is 0 Å². The van der Waals surface area contributed by atoms with Crippen molar-refractivity contribution in [1.29, 1.82) is 0 Å². The fourth-order valence-corrected chi connectivity index (χ4v) is 3.24. The van der Waals surface area contributed by atoms with Crippen molar-refractivity contribution in [1.82, 2.24) is 9.88 Å². The second-order valence-electron chi connectivity index (χ2n) is 6.21. The molecule has 1 aromatic carbocycles. The highest BCUT2D eigenvalue weighted by Crippen LogP contribution is 2.29. The van der Waals surface area contributed by atoms with Gasteiger partial charge in [-0.25, -0.2) is 0 Å². The van der Waals surface area contributed by atoms with Crippen molar-refractivity contribution in [2.45, 2.75) is 6.54 Å². The lowest BCUT2D eigenvalue weighted by Crippen LogP contribution is -2.36. The quantitative estimate of drug-likeness (QED) is 0.837. The topological polar surface area (TPSA) is 54.9 Å². The Morgan fingerprint density at radius 3 is 2.76 bits per heavy atom. The molecule has 0 radical (unpaired) electrons. The maximum atomic E-state index is 12.8. The van der Waals surface area contributed by atoms with Crippen molar-refractivity contribution in [3.05, 3.63) is 53.9 Å². The van der Waals surface area contributed by atoms with Crippen LogP contribution in [0.5, 0.6) is 5.75 Å². The lowest BCUT2D eigenvalue weighted by atomic mass is 10.1. The molecule has 0 unspecified atom stereocenters. The highest BCUT2D eigenvalue weighted by Gasteiger charge is 2.22. The Bertz CT molecular complexity index is 745. The SMILES string of the molecule is O=C(c1cccnc1)N1CCOc2ccc(N3CCOCC3)cc2C1. The van der Waals surface area contributed by atoms with Gasteiger partial charge in [-0.3, -0.25) is 9.78 Å². The zero-order valence-electron chi connectivity index (χ0n) is 14.1. The molecule has 0 bridgehead atoms. The first-order valence-corrected chi connectivity index (χ1v) is 8.59. The van der Waals surface area contributed by atoms with E-state index in [4.69, 9.17) is 9.47 Å². The van der Waals surface area contributed by atoms with Gasteiger partial charge in [-0.1, -0.05) is 0 Å². The molecule has 4 rings (SSSR count). The van der Waals surface area contributed by atoms with Crippen molar-refractivity contribution in [2.75, 3.05) is 44.4 Å². The summed E-state index contributed by atoms with van der Waals surface area (Å²) in [5, 5.41) is 0. The molecule has 0 saturated carbocycles. The third-order valence-corrected chi connectivity index (χ3v) is 4.60. The van der Waals surface area contributed by atoms with Crippen LogP contribution in [-0.2, 0) is 11.3 Å². The summed E-state index contributed by atoms with van der Waals surface area (Å²) in [5.74, 6) is 0.847. The molecule has 0 spiro atoms. The summed E-state index contributed by atoms with van der Waals surface area (Å²) >= 11 is 0. The van der Waals surface area contributed by atoms with Crippen molar-refractivity contribution < 1.29 is 14.3 Å². The van der Waals surface area contributed by atoms with Gasteiger partial charge < -0.3 is 19.3 Å². The molecule has 6 heteroatoms. The van der Waals surface area contributed by atoms with Gasteiger partial charge >= 0.3 is 0 Å². The van der Waals surface area contributed by atoms with Crippen LogP contribution in [0.3, 0.4) is 0 Å². The maximum absolute atomic E-state index is 12.8. The molecule has 2 aromatic rings. The summed E-state index contributed by atoms with van der Waals surface area (Å²) in [7, 11) is 0. The van der Waals surface area contributed by atoms with E-state index in [0.29, 0.717) is 25.3 Å². The number of anilines is 1. The third kappa shape index (κ3) is 3.44. The first kappa shape index (κ1) is 15.9. The summed E-state index contributed by atoms with van der Waals surface area (Å²) < 4.78 is 11.3. The molecule has 1 aromatic heterocycles. The number of pyridine rings is 1. The third-order valence-electron chi connectivity index (χ3n) is 4.60. The fourth-order valence-electron chi connectivity index (χ4n) is 3.24. The average Bonchev–Trinajstić information content (AvgIpc) is 2.90. The molecule has 3 heterocycles. The number of nitrogens with zero attached hydrogens (tertiary/aromatic N) is 3. The van der Waals surface area contributed by atoms with Crippen molar-refractivity contribution in [3.63, 3.8) is 0 Å². The largest absolute Gasteiger partial charge is 0.491 e. The lowest BCUT2D eigenvalue weighted by Gasteiger charge is -2.29. The standard InChI is InChI=1S/C19H21N3O3/c23-19(15-2-1-5-20-13-15)22-8-11-25-18-4-3-17(12-16(18)14-22)21-6-9-24-10-7-21/h1-5,12-13H,6-11,14H2. The molecular formula is C19H21N3O3. The molecule has 0 N–H and O–H groups in total. The smallest absolute Gasteiger partial charge is 0.255 e. The fraction of sp³-hybridized carbons (Fsp3) is 0.368. The zero-order valence-corrected chi connectivity index (χ0v) is 14.1. The first-order valence-electron chi connectivity index (χ1n) is 8.59. The van der Waals surface area contributed by atoms with Crippen LogP contribution < -0.4 is 9.64 Å². The summed E-state index contributed by atoms with van der Waals surface area (Å²) in [6.07, 6.45) is 3.28. The number of carbonyl (C=O) groups excluding carboxylic acids is 1. The number of rotatable bonds is 2. The number of fused-ring (bicyclic) bond motifs is 1. The van der Waals surface area contributed by atoms with Crippen LogP contribution >= 0.6 is 0 Å². The summed E-state index contributed by atoms with van der Waals surface area (Å²) in [6.45, 7) is 4.88. The molecule has 0 aliphatic carbocycles. The Morgan fingerprint density at radius 1 is 1.08 bits per heavy atom. The lowest BCUT2D eigenvalue weighted by molar-refractivity contribution is 0.0733. The maximum Gasteiger partial charge on any atom is 0.255 e. The Hall–Kier alpha value is -2.60. The van der Waals surface area contributed by atoms with E-state index in [2.05, 4.69) is 22.0 Å². The van der Waals surface area contributed by atoms with E-state index in [-0.39, 0.29) is 5.91 Å². The molecule has 6 nitrogen and oxygen atoms in total. The summed E-state index contributed by atoms with van der Waals surface area (Å²) in [5.41, 5.74) is 2.80. The number of benzene rings is 1. The minimum atomic E-state index is -0.0127. The van der Waals surface area contributed by atoms with Crippen LogP contribution in [0.2, 0.25) is 0 Å². The van der Waals surface area contributed by atoms with Gasteiger partial charge in [-0.05, 0) is 30.3 Å². The zero-order chi connectivity index (χ0) is 17.1. The first-order chi connectivity index (χ1) is 12.3. The second kappa shape index (κ2) is 7.11. The number of amides is 1. The van der Waals surface area contributed by atoms with Crippen LogP contribution in [0.4, 0.5) is 5.69 Å². The second-order valence-corrected chi connectivity index (χ2v) is 6.21. The Morgan fingerprint density at radius 2 is 1.96 bits per heavy atom. The molecule has 0 atom stereocenters. The predicted molar refractivity (Wildman–Crippen MR) is 93.9 cm³/mol. The number of hydrogen-bond donors (Lipinski definition) is 0. The number of ether oxygens (including phenoxy) is 2. The van der Waals surface area contributed by atoms with E-state index in [1.54, 1.807) is 24.5 Å². The highest BCUT2D eigenvalue weighted by atomic mass is 16.5. The van der Waals surface area contributed by atoms with Gasteiger partial charge in [0.2, 0.25) is 0 Å². The number of morpholine rings is 1. The minimum Gasteiger partial charge on any atom is -0.491 e. The van der Waals surface area contributed by atoms with Crippen LogP contribution in [0.1, 0.15) is 15.9 Å². The Balaban J connectivity index is 1.57. The van der Waals surface area contributed by atoms with Crippen molar-refractivity contribution >= 4 is 11.6 Å². The normalized spacial score (nSPS) is 17.4. The van der Waals surface area contributed by atoms with Crippen molar-refractivity contribution in [3.8, 4) is 5.75 Å². The van der Waals surface area contributed by atoms with Gasteiger partial charge in [0.15, 0.2) is 0 Å². The minimum absolute atomic E-state index is 0.0127.